The highest BCUT2D eigenvalue weighted by molar-refractivity contribution is 9.10. The molecular weight excluding hydrogens is 390 g/mol. The Morgan fingerprint density at radius 1 is 1.44 bits per heavy atom. The monoisotopic (exact) mass is 407 g/mol. The molecule has 1 saturated heterocycles. The van der Waals surface area contributed by atoms with Gasteiger partial charge < -0.3 is 15.0 Å². The minimum Gasteiger partial charge on any atom is -0.466 e. The van der Waals surface area contributed by atoms with Crippen molar-refractivity contribution < 1.29 is 14.3 Å². The highest BCUT2D eigenvalue weighted by Gasteiger charge is 2.29. The minimum absolute atomic E-state index is 0.0406. The van der Waals surface area contributed by atoms with Crippen molar-refractivity contribution in [3.63, 3.8) is 0 Å². The van der Waals surface area contributed by atoms with Gasteiger partial charge in [-0.15, -0.1) is 0 Å². The van der Waals surface area contributed by atoms with Gasteiger partial charge in [0, 0.05) is 31.7 Å². The lowest BCUT2D eigenvalue weighted by molar-refractivity contribution is -0.150. The fourth-order valence-electron chi connectivity index (χ4n) is 2.41. The van der Waals surface area contributed by atoms with E-state index in [2.05, 4.69) is 31.2 Å². The number of aromatic nitrogens is 2. The number of hydrogen-bond acceptors (Lipinski definition) is 7. The van der Waals surface area contributed by atoms with E-state index in [-0.39, 0.29) is 29.3 Å². The summed E-state index contributed by atoms with van der Waals surface area (Å²) in [6.07, 6.45) is 5.47. The summed E-state index contributed by atoms with van der Waals surface area (Å²) in [7, 11) is 0. The van der Waals surface area contributed by atoms with E-state index in [9.17, 15) is 14.9 Å². The molecular formula is C16H18BrN5O3. The number of carbonyl (C=O) groups excluding carboxylic acids is 2. The van der Waals surface area contributed by atoms with Gasteiger partial charge in [0.25, 0.3) is 5.91 Å². The third-order valence-corrected chi connectivity index (χ3v) is 4.13. The second-order valence-corrected chi connectivity index (χ2v) is 6.27. The molecule has 1 aliphatic heterocycles. The van der Waals surface area contributed by atoms with E-state index < -0.39 is 0 Å². The number of esters is 1. The van der Waals surface area contributed by atoms with Crippen LogP contribution in [0.5, 0.6) is 0 Å². The second-order valence-electron chi connectivity index (χ2n) is 5.36. The molecule has 9 heteroatoms. The van der Waals surface area contributed by atoms with Crippen molar-refractivity contribution in [1.29, 1.82) is 5.26 Å². The lowest BCUT2D eigenvalue weighted by Gasteiger charge is -2.30. The highest BCUT2D eigenvalue weighted by Crippen LogP contribution is 2.20. The maximum atomic E-state index is 12.4. The summed E-state index contributed by atoms with van der Waals surface area (Å²) in [6, 6.07) is 1.89. The average Bonchev–Trinajstić information content (AvgIpc) is 2.64. The highest BCUT2D eigenvalue weighted by atomic mass is 79.9. The van der Waals surface area contributed by atoms with E-state index in [1.807, 2.05) is 6.07 Å². The molecule has 132 valence electrons. The molecule has 0 unspecified atom stereocenters. The van der Waals surface area contributed by atoms with Gasteiger partial charge in [-0.2, -0.15) is 5.26 Å². The SMILES string of the molecule is CCOC(=O)C1CCN(C(=O)/C(C#N)=C\Nc2ncc(Br)cn2)CC1. The standard InChI is InChI=1S/C16H18BrN5O3/c1-2-25-15(24)11-3-5-22(6-4-11)14(23)12(7-18)8-19-16-20-9-13(17)10-21-16/h8-11H,2-6H2,1H3,(H,19,20,21)/b12-8-. The van der Waals surface area contributed by atoms with E-state index in [1.165, 1.54) is 6.20 Å². The van der Waals surface area contributed by atoms with Gasteiger partial charge in [0.2, 0.25) is 5.95 Å². The molecule has 0 saturated carbocycles. The van der Waals surface area contributed by atoms with Crippen LogP contribution in [0.3, 0.4) is 0 Å². The number of likely N-dealkylation sites (tertiary alicyclic amines) is 1. The van der Waals surface area contributed by atoms with Gasteiger partial charge in [-0.3, -0.25) is 9.59 Å². The molecule has 1 aromatic rings. The number of nitrogens with zero attached hydrogens (tertiary/aromatic N) is 4. The van der Waals surface area contributed by atoms with Crippen LogP contribution in [-0.2, 0) is 14.3 Å². The Labute approximate surface area is 154 Å². The third-order valence-electron chi connectivity index (χ3n) is 3.72. The Kier molecular flexibility index (Phi) is 6.89. The van der Waals surface area contributed by atoms with Gasteiger partial charge in [-0.1, -0.05) is 0 Å². The van der Waals surface area contributed by atoms with Crippen LogP contribution in [0.1, 0.15) is 19.8 Å². The van der Waals surface area contributed by atoms with Crippen molar-refractivity contribution in [3.05, 3.63) is 28.6 Å². The zero-order valence-corrected chi connectivity index (χ0v) is 15.3. The molecule has 0 atom stereocenters. The first kappa shape index (κ1) is 18.9. The smallest absolute Gasteiger partial charge is 0.309 e. The summed E-state index contributed by atoms with van der Waals surface area (Å²) in [5, 5.41) is 12.0. The minimum atomic E-state index is -0.380. The largest absolute Gasteiger partial charge is 0.466 e. The van der Waals surface area contributed by atoms with E-state index in [0.717, 1.165) is 4.47 Å². The van der Waals surface area contributed by atoms with Crippen LogP contribution in [0.25, 0.3) is 0 Å². The van der Waals surface area contributed by atoms with Crippen molar-refractivity contribution in [2.24, 2.45) is 5.92 Å². The van der Waals surface area contributed by atoms with Crippen LogP contribution in [-0.4, -0.2) is 46.4 Å². The zero-order valence-electron chi connectivity index (χ0n) is 13.7. The van der Waals surface area contributed by atoms with Gasteiger partial charge in [0.1, 0.15) is 11.6 Å². The van der Waals surface area contributed by atoms with E-state index >= 15 is 0 Å². The number of carbonyl (C=O) groups is 2. The van der Waals surface area contributed by atoms with Gasteiger partial charge in [-0.25, -0.2) is 9.97 Å². The number of nitriles is 1. The average molecular weight is 408 g/mol. The lowest BCUT2D eigenvalue weighted by Crippen LogP contribution is -2.41. The molecule has 0 spiro atoms. The summed E-state index contributed by atoms with van der Waals surface area (Å²) >= 11 is 3.22. The number of piperidine rings is 1. The first-order chi connectivity index (χ1) is 12.0. The molecule has 8 nitrogen and oxygen atoms in total. The maximum absolute atomic E-state index is 12.4. The van der Waals surface area contributed by atoms with E-state index in [0.29, 0.717) is 32.5 Å². The molecule has 1 amide bonds. The first-order valence-corrected chi connectivity index (χ1v) is 8.64. The van der Waals surface area contributed by atoms with Gasteiger partial charge in [0.15, 0.2) is 0 Å². The van der Waals surface area contributed by atoms with Crippen LogP contribution in [0.15, 0.2) is 28.6 Å². The number of amides is 1. The summed E-state index contributed by atoms with van der Waals surface area (Å²) in [6.45, 7) is 2.94. The van der Waals surface area contributed by atoms with E-state index in [4.69, 9.17) is 4.74 Å². The van der Waals surface area contributed by atoms with Crippen molar-refractivity contribution in [2.75, 3.05) is 25.0 Å². The molecule has 0 aliphatic carbocycles. The fourth-order valence-corrected chi connectivity index (χ4v) is 2.62. The van der Waals surface area contributed by atoms with Gasteiger partial charge in [0.05, 0.1) is 17.0 Å². The molecule has 2 rings (SSSR count). The van der Waals surface area contributed by atoms with Crippen molar-refractivity contribution in [1.82, 2.24) is 14.9 Å². The zero-order chi connectivity index (χ0) is 18.2. The first-order valence-electron chi connectivity index (χ1n) is 7.85. The molecule has 1 N–H and O–H groups in total. The predicted molar refractivity (Wildman–Crippen MR) is 93.0 cm³/mol. The van der Waals surface area contributed by atoms with Crippen LogP contribution >= 0.6 is 15.9 Å². The second kappa shape index (κ2) is 9.13. The quantitative estimate of drug-likeness (QED) is 0.450. The molecule has 1 aliphatic rings. The Morgan fingerprint density at radius 2 is 2.08 bits per heavy atom. The summed E-state index contributed by atoms with van der Waals surface area (Å²) < 4.78 is 5.73. The number of halogens is 1. The van der Waals surface area contributed by atoms with Crippen molar-refractivity contribution in [2.45, 2.75) is 19.8 Å². The molecule has 1 aromatic heterocycles. The Hall–Kier alpha value is -2.47. The van der Waals surface area contributed by atoms with Crippen molar-refractivity contribution in [3.8, 4) is 6.07 Å². The normalized spacial score (nSPS) is 15.4. The number of rotatable bonds is 5. The number of hydrogen-bond donors (Lipinski definition) is 1. The summed E-state index contributed by atoms with van der Waals surface area (Å²) in [5.41, 5.74) is -0.0406. The molecule has 0 aromatic carbocycles. The van der Waals surface area contributed by atoms with Gasteiger partial charge in [-0.05, 0) is 35.7 Å². The predicted octanol–water partition coefficient (Wildman–Crippen LogP) is 1.86. The topological polar surface area (TPSA) is 108 Å². The molecule has 0 radical (unpaired) electrons. The number of anilines is 1. The van der Waals surface area contributed by atoms with Gasteiger partial charge >= 0.3 is 5.97 Å². The van der Waals surface area contributed by atoms with Crippen LogP contribution in [0, 0.1) is 17.2 Å². The van der Waals surface area contributed by atoms with Crippen LogP contribution in [0.2, 0.25) is 0 Å². The van der Waals surface area contributed by atoms with Crippen LogP contribution < -0.4 is 5.32 Å². The molecule has 25 heavy (non-hydrogen) atoms. The molecule has 2 heterocycles. The Bertz CT molecular complexity index is 691. The van der Waals surface area contributed by atoms with E-state index in [1.54, 1.807) is 24.2 Å². The summed E-state index contributed by atoms with van der Waals surface area (Å²) in [4.78, 5) is 33.7. The lowest BCUT2D eigenvalue weighted by atomic mass is 9.96. The van der Waals surface area contributed by atoms with Crippen molar-refractivity contribution >= 4 is 33.8 Å². The number of ether oxygens (including phenoxy) is 1. The fraction of sp³-hybridized carbons (Fsp3) is 0.438. The number of nitrogens with one attached hydrogen (secondary N) is 1. The van der Waals surface area contributed by atoms with Crippen LogP contribution in [0.4, 0.5) is 5.95 Å². The third kappa shape index (κ3) is 5.26. The Balaban J connectivity index is 1.94. The Morgan fingerprint density at radius 3 is 2.64 bits per heavy atom. The summed E-state index contributed by atoms with van der Waals surface area (Å²) in [5.74, 6) is -0.508. The molecule has 0 bridgehead atoms. The maximum Gasteiger partial charge on any atom is 0.309 e. The molecule has 1 fully saturated rings.